The molecule has 29 heavy (non-hydrogen) atoms. The summed E-state index contributed by atoms with van der Waals surface area (Å²) in [7, 11) is -3.43. The molecule has 1 N–H and O–H groups in total. The van der Waals surface area contributed by atoms with Crippen LogP contribution in [0.1, 0.15) is 19.8 Å². The molecule has 0 bridgehead atoms. The van der Waals surface area contributed by atoms with Crippen molar-refractivity contribution in [2.24, 2.45) is 5.92 Å². The average molecular weight is 428 g/mol. The molecule has 160 valence electrons. The van der Waals surface area contributed by atoms with Gasteiger partial charge in [0.15, 0.2) is 33.8 Å². The molecule has 0 saturated carbocycles. The van der Waals surface area contributed by atoms with Gasteiger partial charge in [-0.2, -0.15) is 0 Å². The summed E-state index contributed by atoms with van der Waals surface area (Å²) in [4.78, 5) is 38.2. The summed E-state index contributed by atoms with van der Waals surface area (Å²) in [5, 5.41) is 2.49. The number of piperidine rings is 1. The van der Waals surface area contributed by atoms with E-state index in [-0.39, 0.29) is 18.2 Å². The number of amides is 2. The van der Waals surface area contributed by atoms with E-state index >= 15 is 0 Å². The highest BCUT2D eigenvalue weighted by molar-refractivity contribution is 7.91. The van der Waals surface area contributed by atoms with Gasteiger partial charge in [0.05, 0.1) is 0 Å². The number of nitrogens with one attached hydrogen (secondary N) is 1. The van der Waals surface area contributed by atoms with Crippen molar-refractivity contribution in [1.82, 2.24) is 10.2 Å². The predicted octanol–water partition coefficient (Wildman–Crippen LogP) is 0.562. The van der Waals surface area contributed by atoms with E-state index in [2.05, 4.69) is 5.32 Å². The van der Waals surface area contributed by atoms with Gasteiger partial charge in [0.25, 0.3) is 5.91 Å². The van der Waals surface area contributed by atoms with Crippen molar-refractivity contribution in [1.29, 1.82) is 0 Å². The van der Waals surface area contributed by atoms with Gasteiger partial charge in [0.1, 0.15) is 11.8 Å². The van der Waals surface area contributed by atoms with Crippen molar-refractivity contribution in [3.05, 3.63) is 30.1 Å². The maximum absolute atomic E-state index is 13.5. The summed E-state index contributed by atoms with van der Waals surface area (Å²) >= 11 is 0. The molecule has 1 aromatic carbocycles. The van der Waals surface area contributed by atoms with Gasteiger partial charge in [-0.3, -0.25) is 14.4 Å². The lowest BCUT2D eigenvalue weighted by Gasteiger charge is -2.33. The number of halogens is 1. The van der Waals surface area contributed by atoms with Gasteiger partial charge in [-0.25, -0.2) is 12.8 Å². The second-order valence-electron chi connectivity index (χ2n) is 7.17. The molecule has 1 saturated heterocycles. The minimum Gasteiger partial charge on any atom is -0.481 e. The Hall–Kier alpha value is -2.49. The standard InChI is InChI=1S/C19H25FN2O6S/c1-13(21-18(24)11-28-17-8-4-3-7-15(17)20)19(25)22-9-5-6-14(10-22)16(23)12-29(2,26)27/h3-4,7-8,13-14H,5-6,9-12H2,1-2H3,(H,21,24)/t13-,14-/m1/s1. The van der Waals surface area contributed by atoms with E-state index in [0.717, 1.165) is 6.26 Å². The molecule has 0 unspecified atom stereocenters. The molecule has 1 aliphatic rings. The molecule has 0 aromatic heterocycles. The van der Waals surface area contributed by atoms with Gasteiger partial charge < -0.3 is 15.0 Å². The maximum atomic E-state index is 13.5. The number of para-hydroxylation sites is 1. The first-order chi connectivity index (χ1) is 13.6. The molecule has 1 heterocycles. The molecule has 8 nitrogen and oxygen atoms in total. The largest absolute Gasteiger partial charge is 0.481 e. The summed E-state index contributed by atoms with van der Waals surface area (Å²) < 4.78 is 41.3. The normalized spacial score (nSPS) is 18.0. The Morgan fingerprint density at radius 3 is 2.66 bits per heavy atom. The maximum Gasteiger partial charge on any atom is 0.258 e. The number of likely N-dealkylation sites (tertiary alicyclic amines) is 1. The van der Waals surface area contributed by atoms with Gasteiger partial charge in [-0.15, -0.1) is 0 Å². The summed E-state index contributed by atoms with van der Waals surface area (Å²) in [6.07, 6.45) is 2.09. The summed E-state index contributed by atoms with van der Waals surface area (Å²) in [5.41, 5.74) is 0. The van der Waals surface area contributed by atoms with Crippen LogP contribution in [0.25, 0.3) is 0 Å². The Morgan fingerprint density at radius 1 is 1.31 bits per heavy atom. The number of ketones is 1. The molecule has 1 aromatic rings. The molecule has 0 radical (unpaired) electrons. The lowest BCUT2D eigenvalue weighted by molar-refractivity contribution is -0.139. The topological polar surface area (TPSA) is 110 Å². The number of carbonyl (C=O) groups excluding carboxylic acids is 3. The molecule has 10 heteroatoms. The number of Topliss-reactive ketones (excluding diaryl/α,β-unsaturated/α-hetero) is 1. The third-order valence-corrected chi connectivity index (χ3v) is 5.35. The first-order valence-corrected chi connectivity index (χ1v) is 11.3. The van der Waals surface area contributed by atoms with Crippen molar-refractivity contribution in [2.75, 3.05) is 31.7 Å². The van der Waals surface area contributed by atoms with E-state index in [4.69, 9.17) is 4.74 Å². The molecule has 2 atom stereocenters. The van der Waals surface area contributed by atoms with E-state index < -0.39 is 51.7 Å². The van der Waals surface area contributed by atoms with Crippen LogP contribution < -0.4 is 10.1 Å². The van der Waals surface area contributed by atoms with Crippen LogP contribution in [0.3, 0.4) is 0 Å². The molecule has 2 amide bonds. The first-order valence-electron chi connectivity index (χ1n) is 9.22. The second-order valence-corrected chi connectivity index (χ2v) is 9.31. The van der Waals surface area contributed by atoms with Crippen molar-refractivity contribution < 1.29 is 31.9 Å². The fraction of sp³-hybridized carbons (Fsp3) is 0.526. The zero-order valence-electron chi connectivity index (χ0n) is 16.4. The van der Waals surface area contributed by atoms with Crippen molar-refractivity contribution in [2.45, 2.75) is 25.8 Å². The molecular weight excluding hydrogens is 403 g/mol. The number of hydrogen-bond acceptors (Lipinski definition) is 6. The zero-order chi connectivity index (χ0) is 21.6. The lowest BCUT2D eigenvalue weighted by Crippen LogP contribution is -2.51. The molecule has 1 aliphatic heterocycles. The fourth-order valence-electron chi connectivity index (χ4n) is 3.14. The molecule has 2 rings (SSSR count). The summed E-state index contributed by atoms with van der Waals surface area (Å²) in [6.45, 7) is 1.60. The van der Waals surface area contributed by atoms with Gasteiger partial charge >= 0.3 is 0 Å². The fourth-order valence-corrected chi connectivity index (χ4v) is 3.89. The Balaban J connectivity index is 1.86. The minimum atomic E-state index is -3.43. The van der Waals surface area contributed by atoms with Crippen LogP contribution in [0.5, 0.6) is 5.75 Å². The molecule has 0 spiro atoms. The predicted molar refractivity (Wildman–Crippen MR) is 104 cm³/mol. The van der Waals surface area contributed by atoms with Crippen LogP contribution in [0, 0.1) is 11.7 Å². The van der Waals surface area contributed by atoms with Gasteiger partial charge in [-0.05, 0) is 31.9 Å². The van der Waals surface area contributed by atoms with Crippen molar-refractivity contribution in [3.63, 3.8) is 0 Å². The monoisotopic (exact) mass is 428 g/mol. The lowest BCUT2D eigenvalue weighted by atomic mass is 9.94. The van der Waals surface area contributed by atoms with Crippen molar-refractivity contribution >= 4 is 27.4 Å². The quantitative estimate of drug-likeness (QED) is 0.648. The summed E-state index contributed by atoms with van der Waals surface area (Å²) in [6, 6.07) is 4.79. The Bertz CT molecular complexity index is 873. The highest BCUT2D eigenvalue weighted by Gasteiger charge is 2.31. The zero-order valence-corrected chi connectivity index (χ0v) is 17.2. The first kappa shape index (κ1) is 22.8. The SMILES string of the molecule is C[C@@H](NC(=O)COc1ccccc1F)C(=O)N1CCC[C@@H](C(=O)CS(C)(=O)=O)C1. The van der Waals surface area contributed by atoms with Crippen LogP contribution in [-0.2, 0) is 24.2 Å². The number of carbonyl (C=O) groups is 3. The van der Waals surface area contributed by atoms with E-state index in [1.54, 1.807) is 6.07 Å². The van der Waals surface area contributed by atoms with Gasteiger partial charge in [-0.1, -0.05) is 12.1 Å². The van der Waals surface area contributed by atoms with E-state index in [9.17, 15) is 27.2 Å². The third kappa shape index (κ3) is 7.12. The molecule has 1 fully saturated rings. The highest BCUT2D eigenvalue weighted by Crippen LogP contribution is 2.19. The van der Waals surface area contributed by atoms with E-state index in [1.165, 1.54) is 30.0 Å². The number of sulfone groups is 1. The number of nitrogens with zero attached hydrogens (tertiary/aromatic N) is 1. The Labute approximate surface area is 169 Å². The van der Waals surface area contributed by atoms with E-state index in [0.29, 0.717) is 19.4 Å². The van der Waals surface area contributed by atoms with Crippen LogP contribution in [-0.4, -0.2) is 68.7 Å². The van der Waals surface area contributed by atoms with Gasteiger partial charge in [0.2, 0.25) is 5.91 Å². The number of ether oxygens (including phenoxy) is 1. The smallest absolute Gasteiger partial charge is 0.258 e. The highest BCUT2D eigenvalue weighted by atomic mass is 32.2. The van der Waals surface area contributed by atoms with E-state index in [1.807, 2.05) is 0 Å². The van der Waals surface area contributed by atoms with Crippen LogP contribution in [0.2, 0.25) is 0 Å². The third-order valence-electron chi connectivity index (χ3n) is 4.54. The average Bonchev–Trinajstić information content (AvgIpc) is 2.65. The Kier molecular flexibility index (Phi) is 7.72. The van der Waals surface area contributed by atoms with Crippen molar-refractivity contribution in [3.8, 4) is 5.75 Å². The number of hydrogen-bond donors (Lipinski definition) is 1. The van der Waals surface area contributed by atoms with Crippen LogP contribution in [0.15, 0.2) is 24.3 Å². The second kappa shape index (κ2) is 9.82. The number of benzene rings is 1. The molecule has 0 aliphatic carbocycles. The summed E-state index contributed by atoms with van der Waals surface area (Å²) in [5.74, 6) is -3.10. The van der Waals surface area contributed by atoms with Gasteiger partial charge in [0, 0.05) is 25.3 Å². The number of rotatable bonds is 8. The molecular formula is C19H25FN2O6S. The van der Waals surface area contributed by atoms with Crippen LogP contribution in [0.4, 0.5) is 4.39 Å². The Morgan fingerprint density at radius 2 is 2.00 bits per heavy atom. The minimum absolute atomic E-state index is 0.0649. The van der Waals surface area contributed by atoms with Crippen LogP contribution >= 0.6 is 0 Å².